The zero-order valence-electron chi connectivity index (χ0n) is 17.5. The lowest BCUT2D eigenvalue weighted by Gasteiger charge is -2.05. The molecule has 6 heteroatoms. The lowest BCUT2D eigenvalue weighted by Crippen LogP contribution is -2.10. The number of anilines is 1. The molecule has 2 aromatic heterocycles. The molecule has 0 saturated heterocycles. The van der Waals surface area contributed by atoms with E-state index in [-0.39, 0.29) is 11.7 Å². The largest absolute Gasteiger partial charge is 0.451 e. The molecular weight excluding hydrogens is 424 g/mol. The van der Waals surface area contributed by atoms with Gasteiger partial charge < -0.3 is 14.2 Å². The predicted molar refractivity (Wildman–Crippen MR) is 126 cm³/mol. The Morgan fingerprint density at radius 2 is 1.62 bits per heavy atom. The Kier molecular flexibility index (Phi) is 5.04. The highest BCUT2D eigenvalue weighted by atomic mass is 35.5. The normalized spacial score (nSPS) is 11.1. The van der Waals surface area contributed by atoms with Gasteiger partial charge in [0, 0.05) is 21.8 Å². The van der Waals surface area contributed by atoms with Crippen LogP contribution >= 0.6 is 11.6 Å². The molecule has 2 heterocycles. The number of carbonyl (C=O) groups is 1. The second-order valence-corrected chi connectivity index (χ2v) is 8.06. The van der Waals surface area contributed by atoms with Crippen LogP contribution in [0, 0.1) is 13.8 Å². The molecular formula is C26H19ClN2O3. The second kappa shape index (κ2) is 8.02. The summed E-state index contributed by atoms with van der Waals surface area (Å²) >= 11 is 6.01. The zero-order chi connectivity index (χ0) is 22.2. The van der Waals surface area contributed by atoms with Crippen LogP contribution in [0.5, 0.6) is 0 Å². The lowest BCUT2D eigenvalue weighted by molar-refractivity contribution is 0.0997. The molecule has 1 N–H and O–H groups in total. The third kappa shape index (κ3) is 3.90. The van der Waals surface area contributed by atoms with Crippen LogP contribution in [0.15, 0.2) is 81.6 Å². The number of carbonyl (C=O) groups excluding carboxylic acids is 1. The molecule has 0 atom stereocenters. The van der Waals surface area contributed by atoms with Crippen molar-refractivity contribution in [2.45, 2.75) is 13.8 Å². The van der Waals surface area contributed by atoms with Crippen LogP contribution in [0.25, 0.3) is 33.9 Å². The molecule has 3 aromatic carbocycles. The summed E-state index contributed by atoms with van der Waals surface area (Å²) in [5.41, 5.74) is 6.13. The van der Waals surface area contributed by atoms with E-state index in [9.17, 15) is 4.79 Å². The van der Waals surface area contributed by atoms with Gasteiger partial charge in [0.05, 0.1) is 0 Å². The first kappa shape index (κ1) is 20.1. The molecule has 5 nitrogen and oxygen atoms in total. The SMILES string of the molecule is Cc1ccc(-c2ccc(C(=O)Nc3ccc(-c4nc5cc(Cl)ccc5o4)cc3)o2)cc1C. The number of oxazole rings is 1. The first-order chi connectivity index (χ1) is 15.5. The highest BCUT2D eigenvalue weighted by Crippen LogP contribution is 2.28. The van der Waals surface area contributed by atoms with E-state index in [1.807, 2.05) is 30.3 Å². The zero-order valence-corrected chi connectivity index (χ0v) is 18.2. The first-order valence-electron chi connectivity index (χ1n) is 10.1. The van der Waals surface area contributed by atoms with Gasteiger partial charge in [-0.2, -0.15) is 0 Å². The number of benzene rings is 3. The predicted octanol–water partition coefficient (Wildman–Crippen LogP) is 7.28. The van der Waals surface area contributed by atoms with E-state index in [2.05, 4.69) is 30.2 Å². The molecule has 158 valence electrons. The standard InChI is InChI=1S/C26H19ClN2O3/c1-15-3-4-18(13-16(15)2)22-11-12-24(31-22)25(30)28-20-8-5-17(6-9-20)26-29-21-14-19(27)7-10-23(21)32-26/h3-14H,1-2H3,(H,28,30). The number of hydrogen-bond acceptors (Lipinski definition) is 4. The van der Waals surface area contributed by atoms with Crippen molar-refractivity contribution in [3.63, 3.8) is 0 Å². The molecule has 32 heavy (non-hydrogen) atoms. The maximum Gasteiger partial charge on any atom is 0.291 e. The van der Waals surface area contributed by atoms with E-state index in [1.54, 1.807) is 36.4 Å². The van der Waals surface area contributed by atoms with Crippen molar-refractivity contribution in [2.75, 3.05) is 5.32 Å². The van der Waals surface area contributed by atoms with E-state index in [0.717, 1.165) is 11.1 Å². The molecule has 0 unspecified atom stereocenters. The van der Waals surface area contributed by atoms with Crippen molar-refractivity contribution in [3.8, 4) is 22.8 Å². The van der Waals surface area contributed by atoms with Crippen molar-refractivity contribution >= 4 is 34.3 Å². The number of rotatable bonds is 4. The lowest BCUT2D eigenvalue weighted by atomic mass is 10.1. The molecule has 0 fully saturated rings. The monoisotopic (exact) mass is 442 g/mol. The summed E-state index contributed by atoms with van der Waals surface area (Å²) in [5, 5.41) is 3.46. The van der Waals surface area contributed by atoms with Crippen molar-refractivity contribution in [1.29, 1.82) is 0 Å². The number of hydrogen-bond donors (Lipinski definition) is 1. The van der Waals surface area contributed by atoms with Gasteiger partial charge in [0.1, 0.15) is 11.3 Å². The Balaban J connectivity index is 1.31. The van der Waals surface area contributed by atoms with Crippen molar-refractivity contribution < 1.29 is 13.6 Å². The average molecular weight is 443 g/mol. The number of aromatic nitrogens is 1. The van der Waals surface area contributed by atoms with Crippen LogP contribution in [0.3, 0.4) is 0 Å². The molecule has 0 aliphatic heterocycles. The highest BCUT2D eigenvalue weighted by molar-refractivity contribution is 6.31. The number of nitrogens with one attached hydrogen (secondary N) is 1. The first-order valence-corrected chi connectivity index (χ1v) is 10.5. The van der Waals surface area contributed by atoms with Crippen LogP contribution in [-0.4, -0.2) is 10.9 Å². The topological polar surface area (TPSA) is 68.3 Å². The van der Waals surface area contributed by atoms with Gasteiger partial charge in [-0.3, -0.25) is 4.79 Å². The summed E-state index contributed by atoms with van der Waals surface area (Å²) in [5.74, 6) is 1.08. The highest BCUT2D eigenvalue weighted by Gasteiger charge is 2.14. The quantitative estimate of drug-likeness (QED) is 0.317. The Bertz CT molecular complexity index is 1450. The van der Waals surface area contributed by atoms with Gasteiger partial charge in [-0.1, -0.05) is 23.7 Å². The van der Waals surface area contributed by atoms with Gasteiger partial charge in [-0.15, -0.1) is 0 Å². The average Bonchev–Trinajstić information content (AvgIpc) is 3.43. The molecule has 0 spiro atoms. The summed E-state index contributed by atoms with van der Waals surface area (Å²) in [6.07, 6.45) is 0. The Morgan fingerprint density at radius 1 is 0.844 bits per heavy atom. The third-order valence-corrected chi connectivity index (χ3v) is 5.60. The number of nitrogens with zero attached hydrogens (tertiary/aromatic N) is 1. The Morgan fingerprint density at radius 3 is 2.41 bits per heavy atom. The summed E-state index contributed by atoms with van der Waals surface area (Å²) < 4.78 is 11.6. The van der Waals surface area contributed by atoms with Gasteiger partial charge in [-0.05, 0) is 85.6 Å². The molecule has 0 saturated carbocycles. The maximum atomic E-state index is 12.6. The molecule has 5 rings (SSSR count). The number of furan rings is 1. The van der Waals surface area contributed by atoms with E-state index in [4.69, 9.17) is 20.4 Å². The number of fused-ring (bicyclic) bond motifs is 1. The molecule has 0 bridgehead atoms. The van der Waals surface area contributed by atoms with Gasteiger partial charge in [-0.25, -0.2) is 4.98 Å². The molecule has 0 aliphatic carbocycles. The minimum atomic E-state index is -0.315. The minimum Gasteiger partial charge on any atom is -0.451 e. The second-order valence-electron chi connectivity index (χ2n) is 7.63. The van der Waals surface area contributed by atoms with Crippen molar-refractivity contribution in [1.82, 2.24) is 4.98 Å². The van der Waals surface area contributed by atoms with Gasteiger partial charge in [0.2, 0.25) is 5.89 Å². The van der Waals surface area contributed by atoms with Crippen LogP contribution < -0.4 is 5.32 Å². The molecule has 1 amide bonds. The molecule has 0 aliphatic rings. The fourth-order valence-electron chi connectivity index (χ4n) is 3.42. The smallest absolute Gasteiger partial charge is 0.291 e. The Labute approximate surface area is 189 Å². The third-order valence-electron chi connectivity index (χ3n) is 5.36. The summed E-state index contributed by atoms with van der Waals surface area (Å²) in [7, 11) is 0. The van der Waals surface area contributed by atoms with Gasteiger partial charge in [0.25, 0.3) is 5.91 Å². The molecule has 0 radical (unpaired) electrons. The summed E-state index contributed by atoms with van der Waals surface area (Å²) in [6.45, 7) is 4.11. The van der Waals surface area contributed by atoms with E-state index < -0.39 is 0 Å². The number of aryl methyl sites for hydroxylation is 2. The number of halogens is 1. The Hall–Kier alpha value is -3.83. The number of amides is 1. The summed E-state index contributed by atoms with van der Waals surface area (Å²) in [6, 6.07) is 22.1. The fraction of sp³-hybridized carbons (Fsp3) is 0.0769. The van der Waals surface area contributed by atoms with E-state index >= 15 is 0 Å². The van der Waals surface area contributed by atoms with Crippen LogP contribution in [-0.2, 0) is 0 Å². The van der Waals surface area contributed by atoms with Gasteiger partial charge >= 0.3 is 0 Å². The van der Waals surface area contributed by atoms with E-state index in [1.165, 1.54) is 11.1 Å². The van der Waals surface area contributed by atoms with Gasteiger partial charge in [0.15, 0.2) is 11.3 Å². The van der Waals surface area contributed by atoms with Crippen molar-refractivity contribution in [2.24, 2.45) is 0 Å². The fourth-order valence-corrected chi connectivity index (χ4v) is 3.59. The molecule has 5 aromatic rings. The minimum absolute atomic E-state index is 0.248. The van der Waals surface area contributed by atoms with E-state index in [0.29, 0.717) is 33.5 Å². The van der Waals surface area contributed by atoms with Crippen LogP contribution in [0.2, 0.25) is 5.02 Å². The van der Waals surface area contributed by atoms with Crippen molar-refractivity contribution in [3.05, 3.63) is 94.7 Å². The van der Waals surface area contributed by atoms with Crippen LogP contribution in [0.4, 0.5) is 5.69 Å². The maximum absolute atomic E-state index is 12.6. The van der Waals surface area contributed by atoms with Crippen LogP contribution in [0.1, 0.15) is 21.7 Å². The summed E-state index contributed by atoms with van der Waals surface area (Å²) in [4.78, 5) is 17.1.